The van der Waals surface area contributed by atoms with E-state index in [4.69, 9.17) is 36.0 Å². The Labute approximate surface area is 165 Å². The largest absolute Gasteiger partial charge is 1.00 e. The first-order valence-corrected chi connectivity index (χ1v) is 7.93. The number of ether oxygens (including phenoxy) is 4. The van der Waals surface area contributed by atoms with Gasteiger partial charge >= 0.3 is 29.6 Å². The van der Waals surface area contributed by atoms with Crippen molar-refractivity contribution in [3.8, 4) is 6.07 Å². The van der Waals surface area contributed by atoms with Gasteiger partial charge in [-0.3, -0.25) is 0 Å². The zero-order valence-electron chi connectivity index (χ0n) is 14.3. The third-order valence-corrected chi connectivity index (χ3v) is 2.32. The van der Waals surface area contributed by atoms with Crippen LogP contribution in [-0.4, -0.2) is 44.3 Å². The molecule has 0 heterocycles. The van der Waals surface area contributed by atoms with E-state index in [9.17, 15) is 0 Å². The Kier molecular flexibility index (Phi) is 40.3. The Morgan fingerprint density at radius 2 is 1.18 bits per heavy atom. The van der Waals surface area contributed by atoms with Crippen molar-refractivity contribution in [2.45, 2.75) is 46.7 Å². The van der Waals surface area contributed by atoms with Crippen LogP contribution >= 0.6 is 15.9 Å². The molecule has 22 heavy (non-hydrogen) atoms. The molecule has 0 atom stereocenters. The number of nitrogens with zero attached hydrogens (tertiary/aromatic N) is 2. The first-order valence-electron chi connectivity index (χ1n) is 6.81. The third kappa shape index (κ3) is 25.3. The van der Waals surface area contributed by atoms with Crippen LogP contribution in [0, 0.1) is 23.2 Å². The van der Waals surface area contributed by atoms with E-state index >= 15 is 0 Å². The summed E-state index contributed by atoms with van der Waals surface area (Å²) in [5.41, 5.74) is 0. The average molecular weight is 389 g/mol. The van der Waals surface area contributed by atoms with Crippen molar-refractivity contribution in [1.29, 1.82) is 10.5 Å². The topological polar surface area (TPSA) is 84.5 Å². The summed E-state index contributed by atoms with van der Waals surface area (Å²) in [6.07, 6.45) is -0.0956. The molecule has 0 aliphatic heterocycles. The number of rotatable bonds is 10. The van der Waals surface area contributed by atoms with Crippen LogP contribution < -0.4 is 29.6 Å². The zero-order chi connectivity index (χ0) is 16.9. The summed E-state index contributed by atoms with van der Waals surface area (Å²) in [6, 6.07) is 1.99. The standard InChI is InChI=1S/C7H13NO2.C6H13BrO2.CN.Na/c1-3-9-7(5-6-8)10-4-2;1-3-8-6(5-7)9-4-2;1-2;/h7H,3-5H2,1-2H3;6H,3-5H2,1-2H3;;/q;;-1;+1. The maximum Gasteiger partial charge on any atom is 1.00 e. The fraction of sp³-hybridized carbons (Fsp3) is 0.857. The van der Waals surface area contributed by atoms with E-state index in [0.717, 1.165) is 5.33 Å². The molecule has 0 bridgehead atoms. The second-order valence-electron chi connectivity index (χ2n) is 3.20. The first kappa shape index (κ1) is 30.2. The van der Waals surface area contributed by atoms with Crippen molar-refractivity contribution in [3.05, 3.63) is 6.57 Å². The summed E-state index contributed by atoms with van der Waals surface area (Å²) in [7, 11) is 0. The van der Waals surface area contributed by atoms with Crippen LogP contribution in [0.25, 0.3) is 0 Å². The summed E-state index contributed by atoms with van der Waals surface area (Å²) in [4.78, 5) is 0. The summed E-state index contributed by atoms with van der Waals surface area (Å²) in [6.45, 7) is 15.0. The van der Waals surface area contributed by atoms with Crippen LogP contribution in [0.3, 0.4) is 0 Å². The molecule has 6 nitrogen and oxygen atoms in total. The zero-order valence-corrected chi connectivity index (χ0v) is 17.9. The molecule has 0 rings (SSSR count). The maximum absolute atomic E-state index is 8.28. The predicted octanol–water partition coefficient (Wildman–Crippen LogP) is 0.180. The number of hydrogen-bond acceptors (Lipinski definition) is 6. The maximum atomic E-state index is 8.28. The fourth-order valence-electron chi connectivity index (χ4n) is 1.12. The number of halogens is 1. The summed E-state index contributed by atoms with van der Waals surface area (Å²) >= 11 is 3.27. The van der Waals surface area contributed by atoms with Crippen LogP contribution in [-0.2, 0) is 18.9 Å². The second-order valence-corrected chi connectivity index (χ2v) is 3.84. The number of alkyl halides is 1. The normalized spacial score (nSPS) is 8.91. The van der Waals surface area contributed by atoms with Crippen LogP contribution in [0.15, 0.2) is 0 Å². The van der Waals surface area contributed by atoms with Gasteiger partial charge in [0.05, 0.1) is 17.8 Å². The van der Waals surface area contributed by atoms with E-state index in [-0.39, 0.29) is 42.1 Å². The number of hydrogen-bond donors (Lipinski definition) is 0. The monoisotopic (exact) mass is 388 g/mol. The van der Waals surface area contributed by atoms with Gasteiger partial charge in [0.1, 0.15) is 0 Å². The van der Waals surface area contributed by atoms with Gasteiger partial charge in [-0.2, -0.15) is 5.26 Å². The van der Waals surface area contributed by atoms with Gasteiger partial charge in [-0.1, -0.05) is 15.9 Å². The molecule has 0 N–H and O–H groups in total. The minimum Gasteiger partial charge on any atom is -0.512 e. The fourth-order valence-corrected chi connectivity index (χ4v) is 1.50. The Morgan fingerprint density at radius 3 is 1.41 bits per heavy atom. The summed E-state index contributed by atoms with van der Waals surface area (Å²) in [5.74, 6) is 0. The minimum atomic E-state index is -0.333. The summed E-state index contributed by atoms with van der Waals surface area (Å²) in [5, 5.41) is 15.3. The molecule has 0 amide bonds. The van der Waals surface area contributed by atoms with E-state index < -0.39 is 0 Å². The van der Waals surface area contributed by atoms with Crippen LogP contribution in [0.5, 0.6) is 0 Å². The van der Waals surface area contributed by atoms with Crippen molar-refractivity contribution in [2.75, 3.05) is 31.8 Å². The van der Waals surface area contributed by atoms with Crippen molar-refractivity contribution >= 4 is 15.9 Å². The van der Waals surface area contributed by atoms with Gasteiger partial charge in [-0.15, -0.1) is 0 Å². The van der Waals surface area contributed by atoms with E-state index in [1.807, 2.05) is 33.8 Å². The van der Waals surface area contributed by atoms with Gasteiger partial charge in [0.25, 0.3) is 0 Å². The van der Waals surface area contributed by atoms with Gasteiger partial charge in [-0.25, -0.2) is 0 Å². The molecule has 0 unspecified atom stereocenters. The summed E-state index contributed by atoms with van der Waals surface area (Å²) < 4.78 is 20.5. The molecular weight excluding hydrogens is 363 g/mol. The van der Waals surface area contributed by atoms with Crippen molar-refractivity contribution < 1.29 is 48.5 Å². The molecule has 0 spiro atoms. The van der Waals surface area contributed by atoms with Crippen molar-refractivity contribution in [3.63, 3.8) is 0 Å². The Bertz CT molecular complexity index is 241. The van der Waals surface area contributed by atoms with Gasteiger partial charge < -0.3 is 30.8 Å². The van der Waals surface area contributed by atoms with Crippen LogP contribution in [0.2, 0.25) is 0 Å². The van der Waals surface area contributed by atoms with E-state index in [1.165, 1.54) is 0 Å². The predicted molar refractivity (Wildman–Crippen MR) is 83.1 cm³/mol. The minimum absolute atomic E-state index is 0. The Hall–Kier alpha value is 0.300. The Morgan fingerprint density at radius 1 is 0.864 bits per heavy atom. The molecule has 0 saturated heterocycles. The van der Waals surface area contributed by atoms with Crippen molar-refractivity contribution in [1.82, 2.24) is 0 Å². The van der Waals surface area contributed by atoms with Gasteiger partial charge in [0, 0.05) is 26.4 Å². The van der Waals surface area contributed by atoms with Gasteiger partial charge in [-0.05, 0) is 27.7 Å². The molecular formula is C14H26BrN2NaO4. The Balaban J connectivity index is -0.000000127. The van der Waals surface area contributed by atoms with Crippen molar-refractivity contribution in [2.24, 2.45) is 0 Å². The third-order valence-electron chi connectivity index (χ3n) is 1.79. The average Bonchev–Trinajstić information content (AvgIpc) is 2.50. The molecule has 0 aliphatic rings. The molecule has 0 saturated carbocycles. The number of nitriles is 1. The molecule has 0 aliphatic carbocycles. The molecule has 0 aromatic rings. The molecule has 124 valence electrons. The van der Waals surface area contributed by atoms with E-state index in [1.54, 1.807) is 0 Å². The first-order chi connectivity index (χ1) is 10.2. The smallest absolute Gasteiger partial charge is 0.512 e. The molecule has 0 radical (unpaired) electrons. The molecule has 0 aromatic carbocycles. The molecule has 0 fully saturated rings. The van der Waals surface area contributed by atoms with Crippen LogP contribution in [0.4, 0.5) is 0 Å². The quantitative estimate of drug-likeness (QED) is 0.229. The molecule has 0 aromatic heterocycles. The molecule has 8 heteroatoms. The SMILES string of the molecule is CCOC(CBr)OCC.CCOC(CC#N)OCC.[C-]#N.[Na+]. The van der Waals surface area contributed by atoms with Gasteiger partial charge in [0.15, 0.2) is 12.6 Å². The van der Waals surface area contributed by atoms with E-state index in [2.05, 4.69) is 15.9 Å². The van der Waals surface area contributed by atoms with Gasteiger partial charge in [0.2, 0.25) is 0 Å². The second kappa shape index (κ2) is 29.3. The van der Waals surface area contributed by atoms with Crippen LogP contribution in [0.1, 0.15) is 34.1 Å². The van der Waals surface area contributed by atoms with E-state index in [0.29, 0.717) is 32.8 Å².